The zero-order valence-corrected chi connectivity index (χ0v) is 11.8. The number of halogens is 1. The molecule has 0 bridgehead atoms. The number of hydrogen-bond donors (Lipinski definition) is 0. The monoisotopic (exact) mass is 289 g/mol. The van der Waals surface area contributed by atoms with Gasteiger partial charge in [0.05, 0.1) is 9.79 Å². The highest BCUT2D eigenvalue weighted by Crippen LogP contribution is 2.26. The van der Waals surface area contributed by atoms with Crippen LogP contribution in [0.2, 0.25) is 0 Å². The van der Waals surface area contributed by atoms with Gasteiger partial charge in [-0.15, -0.1) is 0 Å². The average Bonchev–Trinajstić information content (AvgIpc) is 2.37. The first-order valence-electron chi connectivity index (χ1n) is 5.88. The minimum Gasteiger partial charge on any atom is -0.218 e. The Balaban J connectivity index is 2.74. The predicted molar refractivity (Wildman–Crippen MR) is 72.5 cm³/mol. The molecule has 0 saturated heterocycles. The molecule has 0 atom stereocenters. The molecule has 0 aliphatic heterocycles. The lowest BCUT2D eigenvalue weighted by atomic mass is 10.2. The number of nitrogens with zero attached hydrogens (tertiary/aromatic N) is 1. The summed E-state index contributed by atoms with van der Waals surface area (Å²) in [6, 6.07) is 10.1. The van der Waals surface area contributed by atoms with Gasteiger partial charge in [0, 0.05) is 0 Å². The first-order valence-corrected chi connectivity index (χ1v) is 7.36. The third-order valence-corrected chi connectivity index (χ3v) is 4.66. The number of sulfone groups is 1. The Bertz CT molecular complexity index is 800. The maximum Gasteiger partial charge on any atom is 0.208 e. The summed E-state index contributed by atoms with van der Waals surface area (Å²) in [6.45, 7) is 3.56. The smallest absolute Gasteiger partial charge is 0.208 e. The summed E-state index contributed by atoms with van der Waals surface area (Å²) in [4.78, 5) is -0.234. The summed E-state index contributed by atoms with van der Waals surface area (Å²) in [5, 5.41) is 8.96. The summed E-state index contributed by atoms with van der Waals surface area (Å²) in [5.41, 5.74) is 1.13. The van der Waals surface area contributed by atoms with Crippen molar-refractivity contribution in [2.75, 3.05) is 0 Å². The lowest BCUT2D eigenvalue weighted by Crippen LogP contribution is -2.06. The summed E-state index contributed by atoms with van der Waals surface area (Å²) >= 11 is 0. The second-order valence-corrected chi connectivity index (χ2v) is 6.47. The molecule has 0 N–H and O–H groups in total. The molecular formula is C15H12FNO2S. The number of hydrogen-bond acceptors (Lipinski definition) is 3. The van der Waals surface area contributed by atoms with Crippen molar-refractivity contribution in [1.29, 1.82) is 5.26 Å². The van der Waals surface area contributed by atoms with Crippen LogP contribution in [-0.4, -0.2) is 8.42 Å². The van der Waals surface area contributed by atoms with Crippen molar-refractivity contribution < 1.29 is 12.8 Å². The van der Waals surface area contributed by atoms with Crippen LogP contribution in [0.5, 0.6) is 0 Å². The minimum absolute atomic E-state index is 0.0668. The van der Waals surface area contributed by atoms with Crippen LogP contribution < -0.4 is 0 Å². The van der Waals surface area contributed by atoms with Crippen LogP contribution in [0.15, 0.2) is 46.2 Å². The fourth-order valence-corrected chi connectivity index (χ4v) is 3.66. The van der Waals surface area contributed by atoms with Gasteiger partial charge in [-0.1, -0.05) is 12.1 Å². The van der Waals surface area contributed by atoms with Gasteiger partial charge in [0.2, 0.25) is 9.84 Å². The Kier molecular flexibility index (Phi) is 3.60. The number of nitriles is 1. The average molecular weight is 289 g/mol. The van der Waals surface area contributed by atoms with Crippen LogP contribution in [0.3, 0.4) is 0 Å². The first-order chi connectivity index (χ1) is 9.36. The highest BCUT2D eigenvalue weighted by atomic mass is 32.2. The fourth-order valence-electron chi connectivity index (χ4n) is 2.05. The second kappa shape index (κ2) is 5.06. The van der Waals surface area contributed by atoms with E-state index < -0.39 is 21.2 Å². The molecule has 0 radical (unpaired) electrons. The van der Waals surface area contributed by atoms with Crippen molar-refractivity contribution in [1.82, 2.24) is 0 Å². The maximum absolute atomic E-state index is 13.6. The van der Waals surface area contributed by atoms with E-state index in [0.717, 1.165) is 17.2 Å². The van der Waals surface area contributed by atoms with Gasteiger partial charge >= 0.3 is 0 Å². The van der Waals surface area contributed by atoms with E-state index in [2.05, 4.69) is 0 Å². The lowest BCUT2D eigenvalue weighted by molar-refractivity contribution is 0.589. The highest BCUT2D eigenvalue weighted by molar-refractivity contribution is 7.91. The van der Waals surface area contributed by atoms with Crippen LogP contribution in [0, 0.1) is 31.0 Å². The Labute approximate surface area is 117 Å². The van der Waals surface area contributed by atoms with Crippen molar-refractivity contribution >= 4 is 9.84 Å². The molecule has 0 amide bonds. The minimum atomic E-state index is -3.91. The molecule has 3 nitrogen and oxygen atoms in total. The van der Waals surface area contributed by atoms with Crippen molar-refractivity contribution in [2.24, 2.45) is 0 Å². The zero-order chi connectivity index (χ0) is 14.9. The Hall–Kier alpha value is -2.19. The van der Waals surface area contributed by atoms with Gasteiger partial charge in [-0.3, -0.25) is 0 Å². The molecule has 0 aliphatic rings. The van der Waals surface area contributed by atoms with Gasteiger partial charge in [-0.25, -0.2) is 12.8 Å². The molecule has 2 rings (SSSR count). The third-order valence-electron chi connectivity index (χ3n) is 2.88. The predicted octanol–water partition coefficient (Wildman–Crippen LogP) is 3.15. The molecule has 0 aliphatic carbocycles. The molecule has 2 aromatic carbocycles. The summed E-state index contributed by atoms with van der Waals surface area (Å²) in [6.07, 6.45) is 0. The van der Waals surface area contributed by atoms with E-state index in [1.54, 1.807) is 19.9 Å². The van der Waals surface area contributed by atoms with E-state index in [1.807, 2.05) is 6.07 Å². The quantitative estimate of drug-likeness (QED) is 0.853. The van der Waals surface area contributed by atoms with Gasteiger partial charge in [-0.2, -0.15) is 5.26 Å². The van der Waals surface area contributed by atoms with Crippen molar-refractivity contribution in [3.8, 4) is 6.07 Å². The van der Waals surface area contributed by atoms with Crippen LogP contribution in [0.4, 0.5) is 4.39 Å². The molecule has 2 aromatic rings. The molecule has 0 saturated carbocycles. The molecule has 102 valence electrons. The van der Waals surface area contributed by atoms with Gasteiger partial charge < -0.3 is 0 Å². The summed E-state index contributed by atoms with van der Waals surface area (Å²) in [7, 11) is -3.91. The topological polar surface area (TPSA) is 57.9 Å². The van der Waals surface area contributed by atoms with Crippen LogP contribution in [0.1, 0.15) is 16.7 Å². The van der Waals surface area contributed by atoms with Crippen molar-refractivity contribution in [3.63, 3.8) is 0 Å². The lowest BCUT2D eigenvalue weighted by Gasteiger charge is -2.09. The van der Waals surface area contributed by atoms with E-state index in [4.69, 9.17) is 5.26 Å². The van der Waals surface area contributed by atoms with E-state index in [-0.39, 0.29) is 9.79 Å². The van der Waals surface area contributed by atoms with Crippen molar-refractivity contribution in [3.05, 3.63) is 58.9 Å². The van der Waals surface area contributed by atoms with Crippen molar-refractivity contribution in [2.45, 2.75) is 23.6 Å². The zero-order valence-electron chi connectivity index (χ0n) is 11.0. The Morgan fingerprint density at radius 2 is 1.70 bits per heavy atom. The van der Waals surface area contributed by atoms with Gasteiger partial charge in [0.25, 0.3) is 0 Å². The fraction of sp³-hybridized carbons (Fsp3) is 0.133. The molecular weight excluding hydrogens is 277 g/mol. The summed E-state index contributed by atoms with van der Waals surface area (Å²) in [5.74, 6) is -0.835. The SMILES string of the molecule is Cc1cc(C)cc(S(=O)(=O)c2cccc(F)c2C#N)c1. The second-order valence-electron chi connectivity index (χ2n) is 4.55. The number of benzene rings is 2. The van der Waals surface area contributed by atoms with Gasteiger partial charge in [0.15, 0.2) is 0 Å². The molecule has 0 fully saturated rings. The Morgan fingerprint density at radius 3 is 2.25 bits per heavy atom. The Morgan fingerprint density at radius 1 is 1.10 bits per heavy atom. The molecule has 0 spiro atoms. The largest absolute Gasteiger partial charge is 0.218 e. The summed E-state index contributed by atoms with van der Waals surface area (Å²) < 4.78 is 38.7. The van der Waals surface area contributed by atoms with Gasteiger partial charge in [-0.05, 0) is 49.2 Å². The molecule has 0 heterocycles. The van der Waals surface area contributed by atoms with Crippen LogP contribution >= 0.6 is 0 Å². The van der Waals surface area contributed by atoms with Crippen LogP contribution in [0.25, 0.3) is 0 Å². The highest BCUT2D eigenvalue weighted by Gasteiger charge is 2.23. The van der Waals surface area contributed by atoms with Gasteiger partial charge in [0.1, 0.15) is 17.4 Å². The van der Waals surface area contributed by atoms with E-state index in [0.29, 0.717) is 0 Å². The standard InChI is InChI=1S/C15H12FNO2S/c1-10-6-11(2)8-12(7-10)20(18,19)15-5-3-4-14(16)13(15)9-17/h3-8H,1-2H3. The molecule has 20 heavy (non-hydrogen) atoms. The third kappa shape index (κ3) is 2.43. The van der Waals surface area contributed by atoms with E-state index in [9.17, 15) is 12.8 Å². The molecule has 0 unspecified atom stereocenters. The van der Waals surface area contributed by atoms with E-state index >= 15 is 0 Å². The van der Waals surface area contributed by atoms with E-state index in [1.165, 1.54) is 24.3 Å². The molecule has 0 aromatic heterocycles. The number of aryl methyl sites for hydroxylation is 2. The normalized spacial score (nSPS) is 11.1. The number of rotatable bonds is 2. The molecule has 5 heteroatoms. The maximum atomic E-state index is 13.6. The first kappa shape index (κ1) is 14.2. The van der Waals surface area contributed by atoms with Crippen LogP contribution in [-0.2, 0) is 9.84 Å².